The average molecular weight is 185 g/mol. The van der Waals surface area contributed by atoms with Crippen molar-refractivity contribution in [1.29, 1.82) is 0 Å². The van der Waals surface area contributed by atoms with Gasteiger partial charge in [0.1, 0.15) is 17.7 Å². The first kappa shape index (κ1) is 7.32. The number of hydrogen-bond acceptors (Lipinski definition) is 3. The largest absolute Gasteiger partial charge is 0.427 e. The van der Waals surface area contributed by atoms with Crippen LogP contribution in [0.2, 0.25) is 0 Å². The van der Waals surface area contributed by atoms with Crippen LogP contribution in [0, 0.1) is 0 Å². The Morgan fingerprint density at radius 3 is 3.00 bits per heavy atom. The standard InChI is InChI=1S/C10H7N3O/c14-13-6-11-5-9-10(13)7-3-1-2-4-8(7)12-9/h1-6,14H. The van der Waals surface area contributed by atoms with Gasteiger partial charge in [-0.15, -0.1) is 0 Å². The van der Waals surface area contributed by atoms with E-state index in [-0.39, 0.29) is 0 Å². The molecular weight excluding hydrogens is 178 g/mol. The van der Waals surface area contributed by atoms with Gasteiger partial charge in [-0.1, -0.05) is 18.2 Å². The summed E-state index contributed by atoms with van der Waals surface area (Å²) in [5.41, 5.74) is 2.28. The molecule has 4 heteroatoms. The van der Waals surface area contributed by atoms with Gasteiger partial charge in [0.25, 0.3) is 0 Å². The van der Waals surface area contributed by atoms with Crippen LogP contribution in [-0.2, 0) is 0 Å². The van der Waals surface area contributed by atoms with Crippen molar-refractivity contribution in [2.75, 3.05) is 0 Å². The minimum absolute atomic E-state index is 0.704. The minimum Gasteiger partial charge on any atom is -0.427 e. The van der Waals surface area contributed by atoms with Crippen LogP contribution in [-0.4, -0.2) is 19.9 Å². The Morgan fingerprint density at radius 2 is 2.07 bits per heavy atom. The average Bonchev–Trinajstić information content (AvgIpc) is 2.57. The third kappa shape index (κ3) is 0.821. The molecule has 0 spiro atoms. The number of hydrogen-bond donors (Lipinski definition) is 1. The molecular formula is C10H7N3O. The number of nitrogens with zero attached hydrogens (tertiary/aromatic N) is 3. The Kier molecular flexibility index (Phi) is 1.28. The summed E-state index contributed by atoms with van der Waals surface area (Å²) >= 11 is 0. The summed E-state index contributed by atoms with van der Waals surface area (Å²) in [5, 5.41) is 10.5. The SMILES string of the molecule is On1cncc2nc3ccccc3c1-2. The third-order valence-corrected chi connectivity index (χ3v) is 2.24. The second kappa shape index (κ2) is 2.45. The van der Waals surface area contributed by atoms with Crippen molar-refractivity contribution < 1.29 is 5.21 Å². The molecule has 0 atom stereocenters. The quantitative estimate of drug-likeness (QED) is 0.543. The monoisotopic (exact) mass is 185 g/mol. The highest BCUT2D eigenvalue weighted by atomic mass is 16.5. The Bertz CT molecular complexity index is 573. The fourth-order valence-electron chi connectivity index (χ4n) is 1.65. The number of para-hydroxylation sites is 1. The van der Waals surface area contributed by atoms with Gasteiger partial charge >= 0.3 is 0 Å². The predicted octanol–water partition coefficient (Wildman–Crippen LogP) is 1.77. The van der Waals surface area contributed by atoms with Crippen molar-refractivity contribution in [2.45, 2.75) is 0 Å². The molecule has 1 aromatic rings. The molecule has 0 aromatic heterocycles. The van der Waals surface area contributed by atoms with E-state index in [2.05, 4.69) is 9.97 Å². The Labute approximate surface area is 79.8 Å². The van der Waals surface area contributed by atoms with Crippen LogP contribution in [0.15, 0.2) is 36.8 Å². The number of aromatic nitrogens is 3. The van der Waals surface area contributed by atoms with E-state index in [4.69, 9.17) is 0 Å². The molecule has 0 bridgehead atoms. The lowest BCUT2D eigenvalue weighted by molar-refractivity contribution is 0.186. The number of benzene rings is 1. The minimum atomic E-state index is 0.704. The topological polar surface area (TPSA) is 50.9 Å². The molecule has 2 heterocycles. The molecule has 1 N–H and O–H groups in total. The molecule has 14 heavy (non-hydrogen) atoms. The van der Waals surface area contributed by atoms with Gasteiger partial charge in [-0.3, -0.25) is 0 Å². The molecule has 0 saturated carbocycles. The highest BCUT2D eigenvalue weighted by Gasteiger charge is 2.14. The fourth-order valence-corrected chi connectivity index (χ4v) is 1.65. The molecule has 4 nitrogen and oxygen atoms in total. The lowest BCUT2D eigenvalue weighted by Crippen LogP contribution is -1.98. The van der Waals surface area contributed by atoms with Gasteiger partial charge in [-0.05, 0) is 6.07 Å². The maximum atomic E-state index is 9.57. The smallest absolute Gasteiger partial charge is 0.132 e. The zero-order chi connectivity index (χ0) is 9.54. The van der Waals surface area contributed by atoms with Crippen molar-refractivity contribution in [1.82, 2.24) is 14.7 Å². The number of fused-ring (bicyclic) bond motifs is 3. The first-order chi connectivity index (χ1) is 6.86. The van der Waals surface area contributed by atoms with Crippen molar-refractivity contribution >= 4 is 10.9 Å². The van der Waals surface area contributed by atoms with Gasteiger partial charge in [0.2, 0.25) is 0 Å². The summed E-state index contributed by atoms with van der Waals surface area (Å²) in [5.74, 6) is 0. The van der Waals surface area contributed by atoms with Gasteiger partial charge in [0.15, 0.2) is 0 Å². The lowest BCUT2D eigenvalue weighted by Gasteiger charge is -2.02. The van der Waals surface area contributed by atoms with Crippen LogP contribution >= 0.6 is 0 Å². The van der Waals surface area contributed by atoms with E-state index < -0.39 is 0 Å². The maximum Gasteiger partial charge on any atom is 0.132 e. The molecule has 68 valence electrons. The Morgan fingerprint density at radius 1 is 1.21 bits per heavy atom. The van der Waals surface area contributed by atoms with Crippen LogP contribution in [0.4, 0.5) is 0 Å². The maximum absolute atomic E-state index is 9.57. The summed E-state index contributed by atoms with van der Waals surface area (Å²) in [4.78, 5) is 8.19. The highest BCUT2D eigenvalue weighted by molar-refractivity contribution is 5.95. The molecule has 2 aliphatic heterocycles. The van der Waals surface area contributed by atoms with Crippen molar-refractivity contribution in [3.8, 4) is 11.4 Å². The van der Waals surface area contributed by atoms with Gasteiger partial charge in [0, 0.05) is 5.39 Å². The lowest BCUT2D eigenvalue weighted by atomic mass is 10.2. The zero-order valence-electron chi connectivity index (χ0n) is 7.25. The first-order valence-electron chi connectivity index (χ1n) is 4.26. The molecule has 1 aromatic carbocycles. The summed E-state index contributed by atoms with van der Waals surface area (Å²) in [7, 11) is 0. The summed E-state index contributed by atoms with van der Waals surface area (Å²) in [6, 6.07) is 7.68. The van der Waals surface area contributed by atoms with Gasteiger partial charge < -0.3 is 5.21 Å². The fraction of sp³-hybridized carbons (Fsp3) is 0. The molecule has 0 aliphatic carbocycles. The summed E-state index contributed by atoms with van der Waals surface area (Å²) in [6.45, 7) is 0. The van der Waals surface area contributed by atoms with E-state index in [1.807, 2.05) is 24.3 Å². The van der Waals surface area contributed by atoms with Crippen LogP contribution in [0.3, 0.4) is 0 Å². The summed E-state index contributed by atoms with van der Waals surface area (Å²) < 4.78 is 1.00. The van der Waals surface area contributed by atoms with Crippen molar-refractivity contribution in [3.05, 3.63) is 36.8 Å². The normalized spacial score (nSPS) is 11.1. The van der Waals surface area contributed by atoms with Crippen LogP contribution in [0.1, 0.15) is 0 Å². The van der Waals surface area contributed by atoms with Crippen LogP contribution in [0.5, 0.6) is 0 Å². The van der Waals surface area contributed by atoms with E-state index in [1.165, 1.54) is 6.33 Å². The second-order valence-electron chi connectivity index (χ2n) is 3.10. The van der Waals surface area contributed by atoms with Crippen molar-refractivity contribution in [3.63, 3.8) is 0 Å². The van der Waals surface area contributed by atoms with Gasteiger partial charge in [-0.2, -0.15) is 4.73 Å². The van der Waals surface area contributed by atoms with E-state index in [1.54, 1.807) is 6.20 Å². The van der Waals surface area contributed by atoms with E-state index in [0.717, 1.165) is 15.6 Å². The van der Waals surface area contributed by atoms with Gasteiger partial charge in [-0.25, -0.2) is 9.97 Å². The molecule has 3 rings (SSSR count). The van der Waals surface area contributed by atoms with Gasteiger partial charge in [0.05, 0.1) is 11.7 Å². The second-order valence-corrected chi connectivity index (χ2v) is 3.10. The molecule has 0 radical (unpaired) electrons. The third-order valence-electron chi connectivity index (χ3n) is 2.24. The molecule has 2 aliphatic rings. The summed E-state index contributed by atoms with van der Waals surface area (Å²) in [6.07, 6.45) is 3.00. The van der Waals surface area contributed by atoms with E-state index in [0.29, 0.717) is 11.4 Å². The molecule has 0 unspecified atom stereocenters. The molecule has 0 saturated heterocycles. The highest BCUT2D eigenvalue weighted by Crippen LogP contribution is 2.28. The van der Waals surface area contributed by atoms with Crippen LogP contribution < -0.4 is 0 Å². The molecule has 0 fully saturated rings. The molecule has 0 amide bonds. The zero-order valence-corrected chi connectivity index (χ0v) is 7.25. The Balaban J connectivity index is 2.57. The predicted molar refractivity (Wildman–Crippen MR) is 51.3 cm³/mol. The number of rotatable bonds is 0. The Hall–Kier alpha value is -2.10. The van der Waals surface area contributed by atoms with Crippen molar-refractivity contribution in [2.24, 2.45) is 0 Å². The van der Waals surface area contributed by atoms with Crippen LogP contribution in [0.25, 0.3) is 22.3 Å². The first-order valence-corrected chi connectivity index (χ1v) is 4.26. The van der Waals surface area contributed by atoms with E-state index in [9.17, 15) is 5.21 Å². The van der Waals surface area contributed by atoms with E-state index >= 15 is 0 Å².